The van der Waals surface area contributed by atoms with Crippen LogP contribution in [0.5, 0.6) is 0 Å². The first-order chi connectivity index (χ1) is 12.9. The Hall–Kier alpha value is -1.96. The molecule has 1 aliphatic heterocycles. The number of amides is 1. The van der Waals surface area contributed by atoms with Gasteiger partial charge < -0.3 is 24.6 Å². The highest BCUT2D eigenvalue weighted by molar-refractivity contribution is 6.01. The van der Waals surface area contributed by atoms with Crippen LogP contribution in [0, 0.1) is 24.6 Å². The zero-order valence-electron chi connectivity index (χ0n) is 16.2. The number of hydrogen-bond acceptors (Lipinski definition) is 4. The van der Waals surface area contributed by atoms with Crippen molar-refractivity contribution in [2.24, 2.45) is 18.9 Å². The molecule has 1 saturated heterocycles. The van der Waals surface area contributed by atoms with Gasteiger partial charge >= 0.3 is 0 Å². The van der Waals surface area contributed by atoms with Crippen molar-refractivity contribution in [3.63, 3.8) is 0 Å². The molecule has 1 fully saturated rings. The van der Waals surface area contributed by atoms with Crippen molar-refractivity contribution in [1.29, 1.82) is 0 Å². The van der Waals surface area contributed by atoms with E-state index < -0.39 is 0 Å². The van der Waals surface area contributed by atoms with E-state index >= 15 is 0 Å². The second-order valence-electron chi connectivity index (χ2n) is 7.59. The molecule has 0 aliphatic carbocycles. The summed E-state index contributed by atoms with van der Waals surface area (Å²) < 4.78 is 15.5. The quantitative estimate of drug-likeness (QED) is 0.795. The standard InChI is InChI=1S/C20H28FN3O3/c1-13-17-8-16(21)4-5-18(17)23(3)19(13)20(27)24-10-14(15(11-24)12-26)9-22(2)6-7-25/h4-5,8,14-15,25-26H,6-7,9-12H2,1-3H3. The van der Waals surface area contributed by atoms with Gasteiger partial charge in [-0.2, -0.15) is 0 Å². The lowest BCUT2D eigenvalue weighted by Crippen LogP contribution is -2.34. The molecular weight excluding hydrogens is 349 g/mol. The predicted octanol–water partition coefficient (Wildman–Crippen LogP) is 1.23. The maximum Gasteiger partial charge on any atom is 0.270 e. The van der Waals surface area contributed by atoms with Crippen molar-refractivity contribution in [1.82, 2.24) is 14.4 Å². The van der Waals surface area contributed by atoms with Gasteiger partial charge in [-0.05, 0) is 43.7 Å². The minimum Gasteiger partial charge on any atom is -0.396 e. The molecule has 148 valence electrons. The van der Waals surface area contributed by atoms with E-state index in [1.807, 2.05) is 30.5 Å². The third kappa shape index (κ3) is 3.72. The number of aliphatic hydroxyl groups excluding tert-OH is 2. The first-order valence-corrected chi connectivity index (χ1v) is 9.31. The van der Waals surface area contributed by atoms with Gasteiger partial charge in [0.15, 0.2) is 0 Å². The van der Waals surface area contributed by atoms with Crippen LogP contribution in [0.15, 0.2) is 18.2 Å². The first kappa shape index (κ1) is 19.8. The summed E-state index contributed by atoms with van der Waals surface area (Å²) in [6.45, 7) is 4.31. The van der Waals surface area contributed by atoms with Gasteiger partial charge in [0.2, 0.25) is 0 Å². The molecule has 2 aromatic rings. The Kier molecular flexibility index (Phi) is 5.83. The number of halogens is 1. The molecule has 6 nitrogen and oxygen atoms in total. The number of fused-ring (bicyclic) bond motifs is 1. The zero-order valence-corrected chi connectivity index (χ0v) is 16.2. The fraction of sp³-hybridized carbons (Fsp3) is 0.550. The summed E-state index contributed by atoms with van der Waals surface area (Å²) in [6, 6.07) is 4.57. The number of carbonyl (C=O) groups excluding carboxylic acids is 1. The third-order valence-electron chi connectivity index (χ3n) is 5.74. The van der Waals surface area contributed by atoms with E-state index in [0.29, 0.717) is 25.3 Å². The van der Waals surface area contributed by atoms with E-state index in [1.165, 1.54) is 12.1 Å². The number of likely N-dealkylation sites (tertiary alicyclic amines) is 1. The van der Waals surface area contributed by atoms with Gasteiger partial charge in [-0.25, -0.2) is 4.39 Å². The van der Waals surface area contributed by atoms with Crippen LogP contribution in [0.2, 0.25) is 0 Å². The van der Waals surface area contributed by atoms with Crippen LogP contribution in [-0.4, -0.2) is 76.9 Å². The third-order valence-corrected chi connectivity index (χ3v) is 5.74. The molecule has 2 unspecified atom stereocenters. The number of aryl methyl sites for hydroxylation is 2. The number of hydrogen-bond donors (Lipinski definition) is 2. The van der Waals surface area contributed by atoms with Crippen LogP contribution < -0.4 is 0 Å². The van der Waals surface area contributed by atoms with E-state index in [1.54, 1.807) is 11.0 Å². The topological polar surface area (TPSA) is 68.9 Å². The van der Waals surface area contributed by atoms with Crippen LogP contribution in [0.1, 0.15) is 16.1 Å². The van der Waals surface area contributed by atoms with Crippen LogP contribution in [0.25, 0.3) is 10.9 Å². The summed E-state index contributed by atoms with van der Waals surface area (Å²) in [5.41, 5.74) is 2.17. The monoisotopic (exact) mass is 377 g/mol. The van der Waals surface area contributed by atoms with Crippen LogP contribution in [0.4, 0.5) is 4.39 Å². The lowest BCUT2D eigenvalue weighted by Gasteiger charge is -2.23. The minimum absolute atomic E-state index is 0.0162. The van der Waals surface area contributed by atoms with Crippen molar-refractivity contribution in [3.8, 4) is 0 Å². The molecule has 0 saturated carbocycles. The fourth-order valence-electron chi connectivity index (χ4n) is 4.23. The van der Waals surface area contributed by atoms with Crippen molar-refractivity contribution in [3.05, 3.63) is 35.3 Å². The Balaban J connectivity index is 1.85. The molecule has 2 atom stereocenters. The molecule has 1 aromatic heterocycles. The summed E-state index contributed by atoms with van der Waals surface area (Å²) in [5, 5.41) is 19.6. The number of likely N-dealkylation sites (N-methyl/N-ethyl adjacent to an activating group) is 1. The Morgan fingerprint density at radius 3 is 2.67 bits per heavy atom. The number of nitrogens with zero attached hydrogens (tertiary/aromatic N) is 3. The highest BCUT2D eigenvalue weighted by Gasteiger charge is 2.37. The summed E-state index contributed by atoms with van der Waals surface area (Å²) in [4.78, 5) is 17.0. The normalized spacial score (nSPS) is 20.2. The summed E-state index contributed by atoms with van der Waals surface area (Å²) in [6.07, 6.45) is 0. The summed E-state index contributed by atoms with van der Waals surface area (Å²) >= 11 is 0. The Morgan fingerprint density at radius 2 is 2.00 bits per heavy atom. The van der Waals surface area contributed by atoms with Gasteiger partial charge in [-0.1, -0.05) is 0 Å². The van der Waals surface area contributed by atoms with E-state index in [9.17, 15) is 14.3 Å². The highest BCUT2D eigenvalue weighted by Crippen LogP contribution is 2.30. The molecule has 27 heavy (non-hydrogen) atoms. The van der Waals surface area contributed by atoms with Crippen LogP contribution in [0.3, 0.4) is 0 Å². The first-order valence-electron chi connectivity index (χ1n) is 9.31. The maximum absolute atomic E-state index is 13.6. The Bertz CT molecular complexity index is 835. The minimum atomic E-state index is -0.316. The molecule has 0 spiro atoms. The second kappa shape index (κ2) is 7.96. The van der Waals surface area contributed by atoms with Gasteiger partial charge in [0.1, 0.15) is 11.5 Å². The lowest BCUT2D eigenvalue weighted by molar-refractivity contribution is 0.0769. The van der Waals surface area contributed by atoms with Gasteiger partial charge in [-0.15, -0.1) is 0 Å². The van der Waals surface area contributed by atoms with E-state index in [0.717, 1.165) is 23.0 Å². The van der Waals surface area contributed by atoms with Gasteiger partial charge in [-0.3, -0.25) is 4.79 Å². The fourth-order valence-corrected chi connectivity index (χ4v) is 4.23. The Labute approximate surface area is 158 Å². The van der Waals surface area contributed by atoms with Crippen molar-refractivity contribution >= 4 is 16.8 Å². The lowest BCUT2D eigenvalue weighted by atomic mass is 9.96. The maximum atomic E-state index is 13.6. The zero-order chi connectivity index (χ0) is 19.7. The number of carbonyl (C=O) groups is 1. The van der Waals surface area contributed by atoms with Crippen molar-refractivity contribution in [2.45, 2.75) is 6.92 Å². The highest BCUT2D eigenvalue weighted by atomic mass is 19.1. The van der Waals surface area contributed by atoms with Crippen LogP contribution in [-0.2, 0) is 7.05 Å². The molecule has 3 rings (SSSR count). The van der Waals surface area contributed by atoms with E-state index in [4.69, 9.17) is 5.11 Å². The smallest absolute Gasteiger partial charge is 0.270 e. The molecule has 7 heteroatoms. The molecule has 0 bridgehead atoms. The molecule has 0 radical (unpaired) electrons. The van der Waals surface area contributed by atoms with Gasteiger partial charge in [0.25, 0.3) is 5.91 Å². The molecule has 1 aliphatic rings. The van der Waals surface area contributed by atoms with Gasteiger partial charge in [0.05, 0.1) is 6.61 Å². The molecule has 2 heterocycles. The second-order valence-corrected chi connectivity index (χ2v) is 7.59. The van der Waals surface area contributed by atoms with Gasteiger partial charge in [0, 0.05) is 56.7 Å². The summed E-state index contributed by atoms with van der Waals surface area (Å²) in [7, 11) is 3.75. The number of aromatic nitrogens is 1. The van der Waals surface area contributed by atoms with Crippen LogP contribution >= 0.6 is 0 Å². The average molecular weight is 377 g/mol. The molecule has 1 aromatic carbocycles. The molecular formula is C20H28FN3O3. The predicted molar refractivity (Wildman–Crippen MR) is 102 cm³/mol. The summed E-state index contributed by atoms with van der Waals surface area (Å²) in [5.74, 6) is -0.230. The van der Waals surface area contributed by atoms with E-state index in [2.05, 4.69) is 0 Å². The largest absolute Gasteiger partial charge is 0.396 e. The van der Waals surface area contributed by atoms with E-state index in [-0.39, 0.29) is 36.8 Å². The van der Waals surface area contributed by atoms with Crippen molar-refractivity contribution < 1.29 is 19.4 Å². The average Bonchev–Trinajstić information content (AvgIpc) is 3.14. The Morgan fingerprint density at radius 1 is 1.30 bits per heavy atom. The number of benzene rings is 1. The number of rotatable bonds is 6. The number of aliphatic hydroxyl groups is 2. The van der Waals surface area contributed by atoms with Crippen molar-refractivity contribution in [2.75, 3.05) is 46.4 Å². The molecule has 1 amide bonds. The molecule has 2 N–H and O–H groups in total. The SMILES string of the molecule is Cc1c(C(=O)N2CC(CO)C(CN(C)CCO)C2)n(C)c2ccc(F)cc12.